The van der Waals surface area contributed by atoms with Crippen LogP contribution >= 0.6 is 0 Å². The molecule has 7 unspecified atom stereocenters. The SMILES string of the molecule is CC/C=C\C/C=C\C/C=C\C/C=C\C/C=C\C/C=C\C/C=C\CCCCCC(=O)NC(COC1OC(CO)C(O)C(O)C1O)C(O)CCCCCCCCCCCCCCCCCCCCCCCCCCCCCCC. The highest BCUT2D eigenvalue weighted by atomic mass is 16.7. The summed E-state index contributed by atoms with van der Waals surface area (Å²) in [4.78, 5) is 13.1. The summed E-state index contributed by atoms with van der Waals surface area (Å²) in [5.41, 5.74) is 0. The first kappa shape index (κ1) is 72.4. The van der Waals surface area contributed by atoms with Gasteiger partial charge < -0.3 is 40.3 Å². The predicted octanol–water partition coefficient (Wildman–Crippen LogP) is 17.0. The van der Waals surface area contributed by atoms with Crippen molar-refractivity contribution >= 4 is 5.91 Å². The Balaban J connectivity index is 2.19. The fourth-order valence-corrected chi connectivity index (χ4v) is 9.97. The van der Waals surface area contributed by atoms with Crippen LogP contribution in [0, 0.1) is 0 Å². The van der Waals surface area contributed by atoms with Crippen molar-refractivity contribution in [2.45, 2.75) is 326 Å². The van der Waals surface area contributed by atoms with E-state index < -0.39 is 49.5 Å². The smallest absolute Gasteiger partial charge is 0.220 e. The molecule has 7 atom stereocenters. The second-order valence-electron chi connectivity index (χ2n) is 22.2. The summed E-state index contributed by atoms with van der Waals surface area (Å²) < 4.78 is 11.3. The number of carbonyl (C=O) groups is 1. The maximum atomic E-state index is 13.1. The maximum absolute atomic E-state index is 13.1. The topological polar surface area (TPSA) is 149 Å². The van der Waals surface area contributed by atoms with Crippen LogP contribution in [0.4, 0.5) is 0 Å². The summed E-state index contributed by atoms with van der Waals surface area (Å²) in [5.74, 6) is -0.176. The minimum atomic E-state index is -1.57. The molecule has 0 aliphatic carbocycles. The molecule has 9 heteroatoms. The average Bonchev–Trinajstić information content (AvgIpc) is 3.43. The highest BCUT2D eigenvalue weighted by Crippen LogP contribution is 2.23. The Bertz CT molecular complexity index is 1490. The third kappa shape index (κ3) is 45.8. The zero-order valence-electron chi connectivity index (χ0n) is 49.7. The number of aliphatic hydroxyl groups is 5. The number of ether oxygens (including phenoxy) is 2. The van der Waals surface area contributed by atoms with Gasteiger partial charge in [-0.25, -0.2) is 0 Å². The van der Waals surface area contributed by atoms with Gasteiger partial charge in [0.25, 0.3) is 0 Å². The number of rotatable bonds is 55. The lowest BCUT2D eigenvalue weighted by Gasteiger charge is -2.40. The summed E-state index contributed by atoms with van der Waals surface area (Å²) >= 11 is 0. The van der Waals surface area contributed by atoms with Gasteiger partial charge >= 0.3 is 0 Å². The monoisotopic (exact) mass is 1080 g/mol. The highest BCUT2D eigenvalue weighted by Gasteiger charge is 2.44. The third-order valence-electron chi connectivity index (χ3n) is 15.0. The van der Waals surface area contributed by atoms with Crippen molar-refractivity contribution in [1.82, 2.24) is 5.32 Å². The van der Waals surface area contributed by atoms with Crippen LogP contribution in [0.15, 0.2) is 85.1 Å². The molecule has 77 heavy (non-hydrogen) atoms. The van der Waals surface area contributed by atoms with Crippen LogP contribution in [-0.2, 0) is 14.3 Å². The van der Waals surface area contributed by atoms with E-state index in [1.54, 1.807) is 0 Å². The van der Waals surface area contributed by atoms with Crippen LogP contribution in [0.1, 0.15) is 284 Å². The molecular weight excluding hydrogens is 959 g/mol. The zero-order valence-corrected chi connectivity index (χ0v) is 49.7. The first-order valence-electron chi connectivity index (χ1n) is 32.3. The standard InChI is InChI=1S/C68H121NO8/c1-3-5-7-9-11-13-15-17-19-21-23-25-27-29-30-31-32-34-35-37-39-41-43-45-47-49-51-53-55-57-62(71)61(60-76-68-67(75)66(74)65(73)63(59-70)77-68)69-64(72)58-56-54-52-50-48-46-44-42-40-38-36-33-28-26-24-22-20-18-16-14-12-10-8-6-4-2/h6,8,12,14,18,20,24,26,33,36,40,42,46,48,61-63,65-68,70-71,73-75H,3-5,7,9-11,13,15-17,19,21-23,25,27-32,34-35,37-39,41,43-45,47,49-60H2,1-2H3,(H,69,72)/b8-6-,14-12-,20-18-,26-24-,36-33-,42-40-,48-46-. The number of aliphatic hydroxyl groups excluding tert-OH is 5. The lowest BCUT2D eigenvalue weighted by atomic mass is 9.99. The molecule has 0 aromatic rings. The third-order valence-corrected chi connectivity index (χ3v) is 15.0. The van der Waals surface area contributed by atoms with E-state index in [1.807, 2.05) is 0 Å². The van der Waals surface area contributed by atoms with E-state index in [0.29, 0.717) is 12.8 Å². The number of hydrogen-bond acceptors (Lipinski definition) is 8. The number of unbranched alkanes of at least 4 members (excludes halogenated alkanes) is 31. The molecule has 0 spiro atoms. The number of nitrogens with one attached hydrogen (secondary N) is 1. The summed E-state index contributed by atoms with van der Waals surface area (Å²) in [6, 6.07) is -0.745. The molecule has 446 valence electrons. The second-order valence-corrected chi connectivity index (χ2v) is 22.2. The molecular formula is C68H121NO8. The second kappa shape index (κ2) is 56.6. The van der Waals surface area contributed by atoms with E-state index in [0.717, 1.165) is 89.9 Å². The van der Waals surface area contributed by atoms with E-state index in [9.17, 15) is 30.3 Å². The Morgan fingerprint density at radius 1 is 0.455 bits per heavy atom. The molecule has 6 N–H and O–H groups in total. The van der Waals surface area contributed by atoms with E-state index in [1.165, 1.54) is 167 Å². The first-order chi connectivity index (χ1) is 37.8. The quantitative estimate of drug-likeness (QED) is 0.0261. The maximum Gasteiger partial charge on any atom is 0.220 e. The molecule has 1 fully saturated rings. The van der Waals surface area contributed by atoms with Crippen molar-refractivity contribution in [3.05, 3.63) is 85.1 Å². The van der Waals surface area contributed by atoms with Gasteiger partial charge in [-0.3, -0.25) is 4.79 Å². The molecule has 1 aliphatic rings. The summed E-state index contributed by atoms with van der Waals surface area (Å²) in [6.07, 6.45) is 73.4. The summed E-state index contributed by atoms with van der Waals surface area (Å²) in [5, 5.41) is 54.8. The number of amides is 1. The zero-order chi connectivity index (χ0) is 55.8. The summed E-state index contributed by atoms with van der Waals surface area (Å²) in [6.45, 7) is 3.73. The first-order valence-corrected chi connectivity index (χ1v) is 32.3. The number of allylic oxidation sites excluding steroid dienone is 14. The number of hydrogen-bond donors (Lipinski definition) is 6. The minimum Gasteiger partial charge on any atom is -0.394 e. The highest BCUT2D eigenvalue weighted by molar-refractivity contribution is 5.76. The predicted molar refractivity (Wildman–Crippen MR) is 327 cm³/mol. The molecule has 0 radical (unpaired) electrons. The fourth-order valence-electron chi connectivity index (χ4n) is 9.97. The molecule has 1 rings (SSSR count). The molecule has 1 amide bonds. The number of carbonyl (C=O) groups excluding carboxylic acids is 1. The van der Waals surface area contributed by atoms with Crippen molar-refractivity contribution in [3.63, 3.8) is 0 Å². The minimum absolute atomic E-state index is 0.156. The molecule has 1 aliphatic heterocycles. The van der Waals surface area contributed by atoms with E-state index in [4.69, 9.17) is 9.47 Å². The molecule has 1 saturated heterocycles. The Labute approximate surface area is 473 Å². The van der Waals surface area contributed by atoms with Crippen LogP contribution < -0.4 is 5.32 Å². The van der Waals surface area contributed by atoms with Gasteiger partial charge in [-0.2, -0.15) is 0 Å². The molecule has 0 aromatic heterocycles. The van der Waals surface area contributed by atoms with Gasteiger partial charge in [-0.1, -0.05) is 292 Å². The van der Waals surface area contributed by atoms with Crippen LogP contribution in [0.25, 0.3) is 0 Å². The van der Waals surface area contributed by atoms with Crippen LogP contribution in [0.5, 0.6) is 0 Å². The lowest BCUT2D eigenvalue weighted by molar-refractivity contribution is -0.302. The van der Waals surface area contributed by atoms with Gasteiger partial charge in [0.05, 0.1) is 25.4 Å². The Morgan fingerprint density at radius 3 is 1.18 bits per heavy atom. The van der Waals surface area contributed by atoms with Crippen molar-refractivity contribution in [2.24, 2.45) is 0 Å². The molecule has 0 bridgehead atoms. The van der Waals surface area contributed by atoms with Gasteiger partial charge in [0.15, 0.2) is 6.29 Å². The van der Waals surface area contributed by atoms with Crippen molar-refractivity contribution in [2.75, 3.05) is 13.2 Å². The van der Waals surface area contributed by atoms with E-state index in [2.05, 4.69) is 104 Å². The largest absolute Gasteiger partial charge is 0.394 e. The average molecular weight is 1080 g/mol. The van der Waals surface area contributed by atoms with Crippen LogP contribution in [-0.4, -0.2) is 87.5 Å². The van der Waals surface area contributed by atoms with Crippen LogP contribution in [0.2, 0.25) is 0 Å². The van der Waals surface area contributed by atoms with Crippen LogP contribution in [0.3, 0.4) is 0 Å². The van der Waals surface area contributed by atoms with Crippen molar-refractivity contribution in [1.29, 1.82) is 0 Å². The van der Waals surface area contributed by atoms with Crippen molar-refractivity contribution in [3.8, 4) is 0 Å². The fraction of sp³-hybridized carbons (Fsp3) is 0.779. The van der Waals surface area contributed by atoms with E-state index in [-0.39, 0.29) is 12.5 Å². The van der Waals surface area contributed by atoms with E-state index >= 15 is 0 Å². The van der Waals surface area contributed by atoms with Gasteiger partial charge in [0, 0.05) is 6.42 Å². The Morgan fingerprint density at radius 2 is 0.805 bits per heavy atom. The van der Waals surface area contributed by atoms with Gasteiger partial charge in [0.2, 0.25) is 5.91 Å². The Kier molecular flexibility index (Phi) is 53.2. The van der Waals surface area contributed by atoms with Crippen molar-refractivity contribution < 1.29 is 39.8 Å². The normalized spacial score (nSPS) is 19.3. The lowest BCUT2D eigenvalue weighted by Crippen LogP contribution is -2.60. The molecule has 9 nitrogen and oxygen atoms in total. The van der Waals surface area contributed by atoms with Gasteiger partial charge in [-0.05, 0) is 70.6 Å². The van der Waals surface area contributed by atoms with Gasteiger partial charge in [-0.15, -0.1) is 0 Å². The molecule has 0 saturated carbocycles. The summed E-state index contributed by atoms with van der Waals surface area (Å²) in [7, 11) is 0. The molecule has 1 heterocycles. The van der Waals surface area contributed by atoms with Gasteiger partial charge in [0.1, 0.15) is 24.4 Å². The molecule has 0 aromatic carbocycles. The Hall–Kier alpha value is -2.63.